The van der Waals surface area contributed by atoms with Crippen LogP contribution in [0.4, 0.5) is 0 Å². The van der Waals surface area contributed by atoms with Gasteiger partial charge in [-0.1, -0.05) is 6.92 Å². The van der Waals surface area contributed by atoms with Crippen molar-refractivity contribution in [1.82, 2.24) is 9.55 Å². The van der Waals surface area contributed by atoms with E-state index in [0.717, 1.165) is 24.7 Å². The quantitative estimate of drug-likeness (QED) is 0.451. The van der Waals surface area contributed by atoms with Crippen LogP contribution in [0.25, 0.3) is 0 Å². The number of aromatic nitrogens is 2. The zero-order chi connectivity index (χ0) is 26.8. The summed E-state index contributed by atoms with van der Waals surface area (Å²) in [7, 11) is 0. The summed E-state index contributed by atoms with van der Waals surface area (Å²) in [4.78, 5) is 40.9. The first-order valence-corrected chi connectivity index (χ1v) is 13.8. The number of fused-ring (bicyclic) bond motifs is 5. The van der Waals surface area contributed by atoms with Crippen molar-refractivity contribution in [2.24, 2.45) is 22.7 Å². The summed E-state index contributed by atoms with van der Waals surface area (Å²) in [6.07, 6.45) is 11.8. The van der Waals surface area contributed by atoms with Crippen molar-refractivity contribution >= 4 is 12.3 Å². The highest BCUT2D eigenvalue weighted by atomic mass is 16.5. The molecule has 8 unspecified atom stereocenters. The van der Waals surface area contributed by atoms with Crippen molar-refractivity contribution in [1.29, 1.82) is 0 Å². The van der Waals surface area contributed by atoms with Crippen LogP contribution in [0.3, 0.4) is 0 Å². The summed E-state index contributed by atoms with van der Waals surface area (Å²) in [5, 5.41) is 24.4. The zero-order valence-electron chi connectivity index (χ0n) is 21.8. The standard InChI is InChI=1S/C29H36N2O7/c1-26-8-5-22-23(29(26,36)11-7-21(26)19-2-3-24(33)37-16-19)6-10-28(35)14-20(4-9-27(22,28)17-32)38-25(34)15-31-13-12-30-18-31/h2-3,12-13,16-18,20-23,35-36H,4-11,14-15H2,1H3. The summed E-state index contributed by atoms with van der Waals surface area (Å²) in [6.45, 7) is 2.19. The second-order valence-electron chi connectivity index (χ2n) is 12.4. The van der Waals surface area contributed by atoms with Crippen molar-refractivity contribution in [3.8, 4) is 0 Å². The van der Waals surface area contributed by atoms with Gasteiger partial charge in [0, 0.05) is 30.3 Å². The van der Waals surface area contributed by atoms with Gasteiger partial charge < -0.3 is 28.7 Å². The lowest BCUT2D eigenvalue weighted by molar-refractivity contribution is -0.248. The second kappa shape index (κ2) is 8.88. The topological polar surface area (TPSA) is 132 Å². The third-order valence-electron chi connectivity index (χ3n) is 11.0. The maximum absolute atomic E-state index is 12.9. The van der Waals surface area contributed by atoms with Gasteiger partial charge in [0.15, 0.2) is 0 Å². The molecule has 0 bridgehead atoms. The Bertz CT molecular complexity index is 1260. The van der Waals surface area contributed by atoms with Gasteiger partial charge in [0.1, 0.15) is 18.9 Å². The first-order valence-electron chi connectivity index (χ1n) is 13.8. The molecule has 4 aliphatic rings. The van der Waals surface area contributed by atoms with Gasteiger partial charge in [0.05, 0.1) is 29.2 Å². The first-order chi connectivity index (χ1) is 18.1. The minimum Gasteiger partial charge on any atom is -0.461 e. The zero-order valence-corrected chi connectivity index (χ0v) is 21.8. The van der Waals surface area contributed by atoms with Crippen LogP contribution in [-0.2, 0) is 20.9 Å². The molecule has 2 aromatic heterocycles. The molecule has 0 saturated heterocycles. The van der Waals surface area contributed by atoms with Crippen molar-refractivity contribution < 1.29 is 29.0 Å². The third-order valence-corrected chi connectivity index (χ3v) is 11.0. The Kier molecular flexibility index (Phi) is 5.96. The number of aliphatic hydroxyl groups is 2. The van der Waals surface area contributed by atoms with Crippen molar-refractivity contribution in [2.75, 3.05) is 0 Å². The van der Waals surface area contributed by atoms with Gasteiger partial charge in [-0.2, -0.15) is 0 Å². The molecule has 204 valence electrons. The molecular formula is C29H36N2O7. The molecule has 2 N–H and O–H groups in total. The summed E-state index contributed by atoms with van der Waals surface area (Å²) < 4.78 is 12.5. The summed E-state index contributed by atoms with van der Waals surface area (Å²) in [6, 6.07) is 3.24. The van der Waals surface area contributed by atoms with Gasteiger partial charge in [0.25, 0.3) is 0 Å². The molecule has 0 radical (unpaired) electrons. The number of hydrogen-bond donors (Lipinski definition) is 2. The Morgan fingerprint density at radius 3 is 2.68 bits per heavy atom. The molecule has 2 aromatic rings. The van der Waals surface area contributed by atoms with Gasteiger partial charge in [-0.15, -0.1) is 0 Å². The monoisotopic (exact) mass is 524 g/mol. The minimum atomic E-state index is -1.28. The molecule has 2 heterocycles. The van der Waals surface area contributed by atoms with E-state index in [1.165, 1.54) is 12.3 Å². The van der Waals surface area contributed by atoms with E-state index in [1.807, 2.05) is 6.07 Å². The molecule has 0 aromatic carbocycles. The predicted molar refractivity (Wildman–Crippen MR) is 135 cm³/mol. The Morgan fingerprint density at radius 2 is 1.97 bits per heavy atom. The van der Waals surface area contributed by atoms with E-state index in [4.69, 9.17) is 9.15 Å². The van der Waals surface area contributed by atoms with Crippen LogP contribution in [0.15, 0.2) is 46.3 Å². The van der Waals surface area contributed by atoms with Crippen molar-refractivity contribution in [3.05, 3.63) is 53.1 Å². The molecular weight excluding hydrogens is 488 g/mol. The van der Waals surface area contributed by atoms with E-state index < -0.39 is 33.8 Å². The third kappa shape index (κ3) is 3.57. The lowest BCUT2D eigenvalue weighted by Gasteiger charge is -2.65. The van der Waals surface area contributed by atoms with E-state index in [9.17, 15) is 24.6 Å². The van der Waals surface area contributed by atoms with Crippen LogP contribution in [0, 0.1) is 22.7 Å². The molecule has 9 heteroatoms. The predicted octanol–water partition coefficient (Wildman–Crippen LogP) is 2.98. The number of aldehydes is 1. The van der Waals surface area contributed by atoms with Gasteiger partial charge in [-0.25, -0.2) is 9.78 Å². The molecule has 4 saturated carbocycles. The highest BCUT2D eigenvalue weighted by Crippen LogP contribution is 2.71. The van der Waals surface area contributed by atoms with Gasteiger partial charge in [-0.3, -0.25) is 4.79 Å². The minimum absolute atomic E-state index is 0.0516. The number of carbonyl (C=O) groups is 2. The largest absolute Gasteiger partial charge is 0.461 e. The number of nitrogens with zero attached hydrogens (tertiary/aromatic N) is 2. The lowest BCUT2D eigenvalue weighted by Crippen LogP contribution is -2.68. The van der Waals surface area contributed by atoms with E-state index >= 15 is 0 Å². The fourth-order valence-electron chi connectivity index (χ4n) is 9.09. The Morgan fingerprint density at radius 1 is 1.16 bits per heavy atom. The Hall–Kier alpha value is -2.78. The van der Waals surface area contributed by atoms with Crippen molar-refractivity contribution in [3.63, 3.8) is 0 Å². The fraction of sp³-hybridized carbons (Fsp3) is 0.655. The molecule has 0 aliphatic heterocycles. The summed E-state index contributed by atoms with van der Waals surface area (Å²) >= 11 is 0. The molecule has 9 nitrogen and oxygen atoms in total. The SMILES string of the molecule is CC12CCC3C(CCC4(O)CC(OC(=O)Cn5ccnc5)CCC34C=O)C1(O)CCC2c1ccc(=O)oc1. The Labute approximate surface area is 221 Å². The maximum Gasteiger partial charge on any atom is 0.335 e. The first kappa shape index (κ1) is 25.5. The van der Waals surface area contributed by atoms with Crippen LogP contribution in [-0.4, -0.2) is 49.3 Å². The molecule has 4 fully saturated rings. The number of imidazole rings is 1. The summed E-state index contributed by atoms with van der Waals surface area (Å²) in [5.41, 5.74) is -3.12. The Balaban J connectivity index is 1.23. The number of carbonyl (C=O) groups excluding carboxylic acids is 2. The average molecular weight is 525 g/mol. The maximum atomic E-state index is 12.9. The highest BCUT2D eigenvalue weighted by Gasteiger charge is 2.71. The van der Waals surface area contributed by atoms with E-state index in [0.29, 0.717) is 38.5 Å². The van der Waals surface area contributed by atoms with Crippen molar-refractivity contribution in [2.45, 2.75) is 94.5 Å². The number of hydrogen-bond acceptors (Lipinski definition) is 8. The van der Waals surface area contributed by atoms with E-state index in [2.05, 4.69) is 11.9 Å². The lowest BCUT2D eigenvalue weighted by atomic mass is 9.41. The smallest absolute Gasteiger partial charge is 0.335 e. The molecule has 8 atom stereocenters. The second-order valence-corrected chi connectivity index (χ2v) is 12.4. The van der Waals surface area contributed by atoms with E-state index in [-0.39, 0.29) is 36.7 Å². The van der Waals surface area contributed by atoms with E-state index in [1.54, 1.807) is 23.3 Å². The van der Waals surface area contributed by atoms with Crippen LogP contribution >= 0.6 is 0 Å². The summed E-state index contributed by atoms with van der Waals surface area (Å²) in [5.74, 6) is -0.600. The number of ether oxygens (including phenoxy) is 1. The molecule has 6 rings (SSSR count). The number of esters is 1. The normalized spacial score (nSPS) is 42.0. The van der Waals surface area contributed by atoms with Gasteiger partial charge in [0.2, 0.25) is 0 Å². The molecule has 38 heavy (non-hydrogen) atoms. The molecule has 4 aliphatic carbocycles. The van der Waals surface area contributed by atoms with Gasteiger partial charge in [-0.05, 0) is 80.8 Å². The molecule has 0 amide bonds. The highest BCUT2D eigenvalue weighted by molar-refractivity contribution is 5.69. The number of rotatable bonds is 5. The van der Waals surface area contributed by atoms with Gasteiger partial charge >= 0.3 is 11.6 Å². The van der Waals surface area contributed by atoms with Crippen LogP contribution in [0.1, 0.15) is 76.2 Å². The fourth-order valence-corrected chi connectivity index (χ4v) is 9.09. The average Bonchev–Trinajstić information content (AvgIpc) is 3.49. The molecule has 0 spiro atoms. The van der Waals surface area contributed by atoms with Crippen LogP contribution in [0.5, 0.6) is 0 Å². The van der Waals surface area contributed by atoms with Crippen LogP contribution < -0.4 is 5.63 Å². The van der Waals surface area contributed by atoms with Crippen LogP contribution in [0.2, 0.25) is 0 Å².